The zero-order valence-electron chi connectivity index (χ0n) is 12.4. The quantitative estimate of drug-likeness (QED) is 0.509. The third kappa shape index (κ3) is 2.93. The van der Waals surface area contributed by atoms with Gasteiger partial charge in [-0.2, -0.15) is 0 Å². The van der Waals surface area contributed by atoms with Gasteiger partial charge >= 0.3 is 0 Å². The van der Waals surface area contributed by atoms with Crippen molar-refractivity contribution in [3.05, 3.63) is 64.9 Å². The molecule has 0 bridgehead atoms. The molecule has 0 fully saturated rings. The number of rotatable bonds is 3. The second-order valence-corrected chi connectivity index (χ2v) is 7.02. The molecule has 0 N–H and O–H groups in total. The van der Waals surface area contributed by atoms with E-state index in [1.54, 1.807) is 22.7 Å². The first-order valence-corrected chi connectivity index (χ1v) is 8.96. The minimum Gasteiger partial charge on any atom is -0.207 e. The first-order chi connectivity index (χ1) is 11.3. The van der Waals surface area contributed by atoms with Crippen LogP contribution in [-0.2, 0) is 0 Å². The summed E-state index contributed by atoms with van der Waals surface area (Å²) in [4.78, 5) is 16.1. The highest BCUT2D eigenvalue weighted by Gasteiger charge is 2.12. The van der Waals surface area contributed by atoms with Crippen molar-refractivity contribution in [2.24, 2.45) is 0 Å². The Balaban J connectivity index is 1.89. The zero-order valence-corrected chi connectivity index (χ0v) is 14.1. The van der Waals surface area contributed by atoms with E-state index in [-0.39, 0.29) is 0 Å². The number of aromatic nitrogens is 3. The summed E-state index contributed by atoms with van der Waals surface area (Å²) in [7, 11) is 0. The van der Waals surface area contributed by atoms with Crippen LogP contribution in [0.2, 0.25) is 0 Å². The van der Waals surface area contributed by atoms with Gasteiger partial charge in [0.15, 0.2) is 17.5 Å². The average molecular weight is 335 g/mol. The lowest BCUT2D eigenvalue weighted by atomic mass is 10.1. The van der Waals surface area contributed by atoms with Crippen LogP contribution in [0.4, 0.5) is 0 Å². The minimum absolute atomic E-state index is 0.715. The molecular formula is C18H13N3S2. The van der Waals surface area contributed by atoms with E-state index in [1.807, 2.05) is 35.0 Å². The lowest BCUT2D eigenvalue weighted by Gasteiger charge is -2.06. The van der Waals surface area contributed by atoms with Gasteiger partial charge in [-0.05, 0) is 29.8 Å². The fraction of sp³-hybridized carbons (Fsp3) is 0.0556. The summed E-state index contributed by atoms with van der Waals surface area (Å²) in [6.45, 7) is 2.07. The van der Waals surface area contributed by atoms with Crippen LogP contribution < -0.4 is 0 Å². The number of hydrogen-bond acceptors (Lipinski definition) is 5. The van der Waals surface area contributed by atoms with Crippen molar-refractivity contribution in [2.75, 3.05) is 0 Å². The van der Waals surface area contributed by atoms with Crippen LogP contribution in [0.25, 0.3) is 32.8 Å². The van der Waals surface area contributed by atoms with Crippen LogP contribution in [0.5, 0.6) is 0 Å². The van der Waals surface area contributed by atoms with E-state index in [2.05, 4.69) is 46.1 Å². The molecule has 0 aliphatic carbocycles. The number of hydrogen-bond donors (Lipinski definition) is 0. The summed E-state index contributed by atoms with van der Waals surface area (Å²) in [5, 5.41) is 4.07. The topological polar surface area (TPSA) is 38.7 Å². The fourth-order valence-electron chi connectivity index (χ4n) is 2.24. The van der Waals surface area contributed by atoms with Crippen molar-refractivity contribution in [1.29, 1.82) is 0 Å². The Kier molecular flexibility index (Phi) is 3.73. The number of benzene rings is 1. The molecule has 3 heterocycles. The molecule has 0 aliphatic heterocycles. The molecule has 0 atom stereocenters. The van der Waals surface area contributed by atoms with E-state index in [4.69, 9.17) is 0 Å². The maximum Gasteiger partial charge on any atom is 0.174 e. The molecule has 3 aromatic heterocycles. The summed E-state index contributed by atoms with van der Waals surface area (Å²) in [6, 6.07) is 16.4. The van der Waals surface area contributed by atoms with E-state index >= 15 is 0 Å². The second-order valence-electron chi connectivity index (χ2n) is 5.13. The van der Waals surface area contributed by atoms with Gasteiger partial charge in [-0.15, -0.1) is 22.7 Å². The summed E-state index contributed by atoms with van der Waals surface area (Å²) >= 11 is 3.28. The van der Waals surface area contributed by atoms with E-state index in [9.17, 15) is 0 Å². The van der Waals surface area contributed by atoms with Gasteiger partial charge in [0, 0.05) is 5.56 Å². The highest BCUT2D eigenvalue weighted by atomic mass is 32.1. The standard InChI is InChI=1S/C18H13N3S2/c1-12-6-8-13(9-7-12)16-19-17(14-4-2-10-22-14)21-18(20-16)15-5-3-11-23-15/h2-11H,1H3. The van der Waals surface area contributed by atoms with Crippen molar-refractivity contribution < 1.29 is 0 Å². The van der Waals surface area contributed by atoms with Crippen LogP contribution >= 0.6 is 22.7 Å². The van der Waals surface area contributed by atoms with Crippen molar-refractivity contribution in [3.63, 3.8) is 0 Å². The second kappa shape index (κ2) is 6.02. The van der Waals surface area contributed by atoms with E-state index in [0.717, 1.165) is 27.0 Å². The SMILES string of the molecule is Cc1ccc(-c2nc(-c3cccs3)nc(-c3cccs3)n2)cc1. The third-order valence-corrected chi connectivity index (χ3v) is 5.16. The Labute approximate surface area is 142 Å². The summed E-state index contributed by atoms with van der Waals surface area (Å²) in [5.74, 6) is 2.18. The molecule has 0 unspecified atom stereocenters. The zero-order chi connectivity index (χ0) is 15.6. The minimum atomic E-state index is 0.715. The molecule has 0 aliphatic rings. The first kappa shape index (κ1) is 14.2. The average Bonchev–Trinajstić information content (AvgIpc) is 3.29. The molecule has 1 aromatic carbocycles. The van der Waals surface area contributed by atoms with Crippen LogP contribution in [0.15, 0.2) is 59.3 Å². The summed E-state index contributed by atoms with van der Waals surface area (Å²) < 4.78 is 0. The van der Waals surface area contributed by atoms with Gasteiger partial charge in [-0.3, -0.25) is 0 Å². The molecule has 0 amide bonds. The van der Waals surface area contributed by atoms with Gasteiger partial charge in [-0.1, -0.05) is 42.0 Å². The number of nitrogens with zero attached hydrogens (tertiary/aromatic N) is 3. The van der Waals surface area contributed by atoms with Crippen molar-refractivity contribution >= 4 is 22.7 Å². The number of thiophene rings is 2. The maximum absolute atomic E-state index is 4.68. The van der Waals surface area contributed by atoms with Crippen molar-refractivity contribution in [3.8, 4) is 32.8 Å². The van der Waals surface area contributed by atoms with Gasteiger partial charge in [0.25, 0.3) is 0 Å². The molecule has 0 radical (unpaired) electrons. The Morgan fingerprint density at radius 3 is 1.65 bits per heavy atom. The first-order valence-electron chi connectivity index (χ1n) is 7.20. The van der Waals surface area contributed by atoms with Crippen molar-refractivity contribution in [2.45, 2.75) is 6.92 Å². The molecule has 5 heteroatoms. The summed E-state index contributed by atoms with van der Waals surface area (Å²) in [6.07, 6.45) is 0. The van der Waals surface area contributed by atoms with Gasteiger partial charge in [-0.25, -0.2) is 15.0 Å². The normalized spacial score (nSPS) is 10.8. The van der Waals surface area contributed by atoms with Crippen LogP contribution in [0, 0.1) is 6.92 Å². The summed E-state index contributed by atoms with van der Waals surface area (Å²) in [5.41, 5.74) is 2.23. The van der Waals surface area contributed by atoms with Gasteiger partial charge < -0.3 is 0 Å². The molecular weight excluding hydrogens is 322 g/mol. The number of aryl methyl sites for hydroxylation is 1. The van der Waals surface area contributed by atoms with Crippen molar-refractivity contribution in [1.82, 2.24) is 15.0 Å². The Morgan fingerprint density at radius 2 is 1.17 bits per heavy atom. The molecule has 4 aromatic rings. The molecule has 23 heavy (non-hydrogen) atoms. The fourth-order valence-corrected chi connectivity index (χ4v) is 3.55. The van der Waals surface area contributed by atoms with Gasteiger partial charge in [0.1, 0.15) is 0 Å². The Morgan fingerprint density at radius 1 is 0.652 bits per heavy atom. The van der Waals surface area contributed by atoms with E-state index in [0.29, 0.717) is 5.82 Å². The monoisotopic (exact) mass is 335 g/mol. The largest absolute Gasteiger partial charge is 0.207 e. The van der Waals surface area contributed by atoms with Crippen LogP contribution in [0.3, 0.4) is 0 Å². The molecule has 112 valence electrons. The molecule has 0 saturated heterocycles. The molecule has 3 nitrogen and oxygen atoms in total. The Hall–Kier alpha value is -2.37. The highest BCUT2D eigenvalue weighted by molar-refractivity contribution is 7.13. The smallest absolute Gasteiger partial charge is 0.174 e. The predicted molar refractivity (Wildman–Crippen MR) is 96.6 cm³/mol. The molecule has 0 saturated carbocycles. The molecule has 4 rings (SSSR count). The lowest BCUT2D eigenvalue weighted by molar-refractivity contribution is 1.08. The van der Waals surface area contributed by atoms with E-state index < -0.39 is 0 Å². The van der Waals surface area contributed by atoms with Gasteiger partial charge in [0.05, 0.1) is 9.75 Å². The lowest BCUT2D eigenvalue weighted by Crippen LogP contribution is -1.98. The third-order valence-electron chi connectivity index (χ3n) is 3.43. The maximum atomic E-state index is 4.68. The highest BCUT2D eigenvalue weighted by Crippen LogP contribution is 2.28. The van der Waals surface area contributed by atoms with Crippen LogP contribution in [-0.4, -0.2) is 15.0 Å². The predicted octanol–water partition coefficient (Wildman–Crippen LogP) is 5.30. The van der Waals surface area contributed by atoms with Crippen LogP contribution in [0.1, 0.15) is 5.56 Å². The molecule has 0 spiro atoms. The van der Waals surface area contributed by atoms with E-state index in [1.165, 1.54) is 5.56 Å². The van der Waals surface area contributed by atoms with Gasteiger partial charge in [0.2, 0.25) is 0 Å². The Bertz CT molecular complexity index is 859.